The second-order valence-corrected chi connectivity index (χ2v) is 9.10. The number of rotatable bonds is 5. The van der Waals surface area contributed by atoms with Gasteiger partial charge in [-0.2, -0.15) is 0 Å². The molecule has 0 unspecified atom stereocenters. The van der Waals surface area contributed by atoms with Crippen molar-refractivity contribution in [3.8, 4) is 5.75 Å². The average Bonchev–Trinajstić information content (AvgIpc) is 2.25. The molecule has 17 heavy (non-hydrogen) atoms. The number of hydrogen-bond donors (Lipinski definition) is 0. The molecule has 94 valence electrons. The van der Waals surface area contributed by atoms with Gasteiger partial charge in [0.15, 0.2) is 0 Å². The van der Waals surface area contributed by atoms with Crippen molar-refractivity contribution in [1.29, 1.82) is 0 Å². The second-order valence-electron chi connectivity index (χ2n) is 5.27. The fourth-order valence-corrected chi connectivity index (χ4v) is 4.85. The number of hydrogen-bond acceptors (Lipinski definition) is 1. The first-order valence-electron chi connectivity index (χ1n) is 6.36. The maximum absolute atomic E-state index is 6.36. The summed E-state index contributed by atoms with van der Waals surface area (Å²) in [5.41, 5.74) is 3.62. The van der Waals surface area contributed by atoms with Gasteiger partial charge in [-0.1, -0.05) is 58.5 Å². The van der Waals surface area contributed by atoms with Crippen LogP contribution in [0.5, 0.6) is 5.75 Å². The second kappa shape index (κ2) is 6.06. The quantitative estimate of drug-likeness (QED) is 0.694. The lowest BCUT2D eigenvalue weighted by Crippen LogP contribution is -2.29. The summed E-state index contributed by atoms with van der Waals surface area (Å²) in [6.07, 6.45) is 1.88. The molecule has 0 N–H and O–H groups in total. The molecule has 0 radical (unpaired) electrons. The van der Waals surface area contributed by atoms with Gasteiger partial charge >= 0.3 is 0 Å². The van der Waals surface area contributed by atoms with E-state index in [2.05, 4.69) is 59.4 Å². The van der Waals surface area contributed by atoms with Crippen LogP contribution in [-0.2, 0) is 0 Å². The first-order valence-corrected chi connectivity index (χ1v) is 8.16. The molecule has 1 aromatic rings. The van der Waals surface area contributed by atoms with Gasteiger partial charge in [-0.15, -0.1) is 0 Å². The third-order valence-electron chi connectivity index (χ3n) is 3.03. The van der Waals surface area contributed by atoms with Gasteiger partial charge in [-0.05, 0) is 23.6 Å². The minimum Gasteiger partial charge on any atom is -0.545 e. The van der Waals surface area contributed by atoms with E-state index in [0.717, 1.165) is 11.3 Å². The van der Waals surface area contributed by atoms with Crippen LogP contribution < -0.4 is 4.43 Å². The number of benzene rings is 1. The molecule has 0 amide bonds. The molecule has 0 saturated carbocycles. The molecule has 1 nitrogen and oxygen atoms in total. The van der Waals surface area contributed by atoms with E-state index in [0.29, 0.717) is 11.1 Å². The third-order valence-corrected chi connectivity index (χ3v) is 6.17. The number of para-hydroxylation sites is 1. The van der Waals surface area contributed by atoms with Crippen LogP contribution in [0.25, 0.3) is 6.08 Å². The highest BCUT2D eigenvalue weighted by Gasteiger charge is 2.23. The molecular formula is C15H24OSi. The zero-order valence-corrected chi connectivity index (χ0v) is 12.8. The van der Waals surface area contributed by atoms with Crippen molar-refractivity contribution in [3.63, 3.8) is 0 Å². The molecule has 0 fully saturated rings. The summed E-state index contributed by atoms with van der Waals surface area (Å²) in [5.74, 6) is 1.04. The monoisotopic (exact) mass is 248 g/mol. The van der Waals surface area contributed by atoms with Crippen molar-refractivity contribution in [2.75, 3.05) is 0 Å². The summed E-state index contributed by atoms with van der Waals surface area (Å²) in [4.78, 5) is 0. The number of aryl methyl sites for hydroxylation is 1. The minimum atomic E-state index is -1.22. The lowest BCUT2D eigenvalue weighted by Gasteiger charge is -2.26. The van der Waals surface area contributed by atoms with E-state index in [-0.39, 0.29) is 0 Å². The standard InChI is InChI=1S/C15H24OSi/c1-7-14-10-8-9-13(6)15(14)16-17(11(2)3)12(4)5/h7-12,17H,1H2,2-6H3. The lowest BCUT2D eigenvalue weighted by molar-refractivity contribution is 0.531. The zero-order valence-electron chi connectivity index (χ0n) is 11.7. The average molecular weight is 248 g/mol. The van der Waals surface area contributed by atoms with Crippen molar-refractivity contribution in [3.05, 3.63) is 35.9 Å². The summed E-state index contributed by atoms with van der Waals surface area (Å²) in [6, 6.07) is 6.23. The Kier molecular flexibility index (Phi) is 5.00. The Morgan fingerprint density at radius 2 is 1.76 bits per heavy atom. The molecule has 1 aromatic carbocycles. The molecule has 1 rings (SSSR count). The molecule has 0 heterocycles. The molecule has 0 aliphatic rings. The Hall–Kier alpha value is -1.02. The predicted molar refractivity (Wildman–Crippen MR) is 79.2 cm³/mol. The van der Waals surface area contributed by atoms with Crippen molar-refractivity contribution >= 4 is 15.1 Å². The van der Waals surface area contributed by atoms with Crippen LogP contribution in [0.3, 0.4) is 0 Å². The van der Waals surface area contributed by atoms with Gasteiger partial charge in [0.1, 0.15) is 5.75 Å². The van der Waals surface area contributed by atoms with Crippen LogP contribution in [-0.4, -0.2) is 9.04 Å². The molecule has 2 heteroatoms. The van der Waals surface area contributed by atoms with E-state index >= 15 is 0 Å². The Balaban J connectivity index is 3.04. The Labute approximate surface area is 107 Å². The summed E-state index contributed by atoms with van der Waals surface area (Å²) in [6.45, 7) is 15.0. The lowest BCUT2D eigenvalue weighted by atomic mass is 10.1. The summed E-state index contributed by atoms with van der Waals surface area (Å²) >= 11 is 0. The molecule has 0 spiro atoms. The van der Waals surface area contributed by atoms with Gasteiger partial charge in [-0.3, -0.25) is 0 Å². The van der Waals surface area contributed by atoms with Crippen LogP contribution in [0.1, 0.15) is 38.8 Å². The zero-order chi connectivity index (χ0) is 13.0. The molecule has 0 saturated heterocycles. The fraction of sp³-hybridized carbons (Fsp3) is 0.467. The van der Waals surface area contributed by atoms with Crippen molar-refractivity contribution < 1.29 is 4.43 Å². The molecule has 0 atom stereocenters. The Bertz CT molecular complexity index is 375. The summed E-state index contributed by atoms with van der Waals surface area (Å²) in [7, 11) is -1.22. The predicted octanol–water partition coefficient (Wildman–Crippen LogP) is 4.56. The SMILES string of the molecule is C=Cc1cccc(C)c1O[SiH](C(C)C)C(C)C. The van der Waals surface area contributed by atoms with E-state index in [1.807, 2.05) is 6.08 Å². The van der Waals surface area contributed by atoms with E-state index in [1.165, 1.54) is 5.56 Å². The van der Waals surface area contributed by atoms with Crippen LogP contribution in [0.4, 0.5) is 0 Å². The topological polar surface area (TPSA) is 9.23 Å². The van der Waals surface area contributed by atoms with E-state index in [9.17, 15) is 0 Å². The highest BCUT2D eigenvalue weighted by molar-refractivity contribution is 6.55. The Morgan fingerprint density at radius 3 is 2.24 bits per heavy atom. The van der Waals surface area contributed by atoms with E-state index < -0.39 is 9.04 Å². The highest BCUT2D eigenvalue weighted by atomic mass is 28.3. The van der Waals surface area contributed by atoms with E-state index in [4.69, 9.17) is 4.43 Å². The van der Waals surface area contributed by atoms with Gasteiger partial charge in [0.2, 0.25) is 9.04 Å². The first-order chi connectivity index (χ1) is 7.97. The molecule has 0 aromatic heterocycles. The van der Waals surface area contributed by atoms with Gasteiger partial charge in [0.25, 0.3) is 0 Å². The molecule has 0 bridgehead atoms. The largest absolute Gasteiger partial charge is 0.545 e. The van der Waals surface area contributed by atoms with Crippen LogP contribution in [0.15, 0.2) is 24.8 Å². The van der Waals surface area contributed by atoms with Crippen LogP contribution in [0.2, 0.25) is 11.1 Å². The van der Waals surface area contributed by atoms with Gasteiger partial charge < -0.3 is 4.43 Å². The van der Waals surface area contributed by atoms with Gasteiger partial charge in [0.05, 0.1) is 0 Å². The van der Waals surface area contributed by atoms with Crippen molar-refractivity contribution in [2.45, 2.75) is 45.7 Å². The van der Waals surface area contributed by atoms with Gasteiger partial charge in [0, 0.05) is 5.56 Å². The molecule has 0 aliphatic heterocycles. The molecular weight excluding hydrogens is 224 g/mol. The third kappa shape index (κ3) is 3.47. The fourth-order valence-electron chi connectivity index (χ4n) is 2.17. The van der Waals surface area contributed by atoms with E-state index in [1.54, 1.807) is 0 Å². The van der Waals surface area contributed by atoms with Gasteiger partial charge in [-0.25, -0.2) is 0 Å². The first kappa shape index (κ1) is 14.0. The maximum atomic E-state index is 6.36. The molecule has 0 aliphatic carbocycles. The van der Waals surface area contributed by atoms with Crippen LogP contribution in [0, 0.1) is 6.92 Å². The Morgan fingerprint density at radius 1 is 1.18 bits per heavy atom. The highest BCUT2D eigenvalue weighted by Crippen LogP contribution is 2.30. The normalized spacial score (nSPS) is 11.3. The van der Waals surface area contributed by atoms with Crippen LogP contribution >= 0.6 is 0 Å². The van der Waals surface area contributed by atoms with Crippen molar-refractivity contribution in [1.82, 2.24) is 0 Å². The van der Waals surface area contributed by atoms with Crippen molar-refractivity contribution in [2.24, 2.45) is 0 Å². The smallest absolute Gasteiger partial charge is 0.240 e. The summed E-state index contributed by atoms with van der Waals surface area (Å²) in [5, 5.41) is 0. The maximum Gasteiger partial charge on any atom is 0.240 e. The summed E-state index contributed by atoms with van der Waals surface area (Å²) < 4.78 is 6.36. The minimum absolute atomic E-state index is 0.646.